The Morgan fingerprint density at radius 1 is 1.15 bits per heavy atom. The molecule has 0 radical (unpaired) electrons. The van der Waals surface area contributed by atoms with Crippen molar-refractivity contribution >= 4 is 27.3 Å². The van der Waals surface area contributed by atoms with E-state index in [2.05, 4.69) is 66.3 Å². The fourth-order valence-electron chi connectivity index (χ4n) is 2.01. The minimum Gasteiger partial charge on any atom is -0.491 e. The van der Waals surface area contributed by atoms with Gasteiger partial charge in [-0.2, -0.15) is 0 Å². The van der Waals surface area contributed by atoms with Gasteiger partial charge in [0.05, 0.1) is 9.89 Å². The van der Waals surface area contributed by atoms with Crippen LogP contribution in [-0.4, -0.2) is 6.10 Å². The molecule has 1 aromatic heterocycles. The van der Waals surface area contributed by atoms with Crippen molar-refractivity contribution < 1.29 is 4.74 Å². The van der Waals surface area contributed by atoms with Gasteiger partial charge in [0.25, 0.3) is 0 Å². The predicted molar refractivity (Wildman–Crippen MR) is 89.5 cm³/mol. The van der Waals surface area contributed by atoms with E-state index in [4.69, 9.17) is 4.74 Å². The maximum absolute atomic E-state index is 5.88. The minimum absolute atomic E-state index is 0.191. The molecule has 0 aliphatic carbocycles. The first kappa shape index (κ1) is 15.5. The van der Waals surface area contributed by atoms with Crippen molar-refractivity contribution in [3.05, 3.63) is 50.6 Å². The maximum Gasteiger partial charge on any atom is 0.124 e. The second kappa shape index (κ2) is 7.25. The number of para-hydroxylation sites is 1. The quantitative estimate of drug-likeness (QED) is 0.775. The molecular formula is C16H20BrNOS. The van der Waals surface area contributed by atoms with E-state index in [0.717, 1.165) is 12.3 Å². The lowest BCUT2D eigenvalue weighted by atomic mass is 10.1. The van der Waals surface area contributed by atoms with Gasteiger partial charge in [0, 0.05) is 23.0 Å². The molecule has 0 saturated heterocycles. The van der Waals surface area contributed by atoms with Gasteiger partial charge in [-0.05, 0) is 54.9 Å². The van der Waals surface area contributed by atoms with Crippen LogP contribution < -0.4 is 10.1 Å². The molecule has 2 rings (SSSR count). The number of nitrogens with one attached hydrogen (secondary N) is 1. The summed E-state index contributed by atoms with van der Waals surface area (Å²) in [6.07, 6.45) is 0.191. The first-order valence-corrected chi connectivity index (χ1v) is 8.40. The van der Waals surface area contributed by atoms with Crippen LogP contribution in [0.2, 0.25) is 0 Å². The first-order chi connectivity index (χ1) is 9.56. The highest BCUT2D eigenvalue weighted by molar-refractivity contribution is 9.11. The molecule has 1 heterocycles. The Kier molecular flexibility index (Phi) is 5.64. The number of benzene rings is 1. The predicted octanol–water partition coefficient (Wildman–Crippen LogP) is 5.15. The van der Waals surface area contributed by atoms with E-state index < -0.39 is 0 Å². The molecule has 1 unspecified atom stereocenters. The SMILES string of the molecule is CC(C)Oc1ccccc1C(C)NCc1ccc(Br)s1. The number of thiophene rings is 1. The summed E-state index contributed by atoms with van der Waals surface area (Å²) in [7, 11) is 0. The van der Waals surface area contributed by atoms with Gasteiger partial charge in [0.1, 0.15) is 5.75 Å². The monoisotopic (exact) mass is 353 g/mol. The molecule has 20 heavy (non-hydrogen) atoms. The second-order valence-electron chi connectivity index (χ2n) is 5.01. The summed E-state index contributed by atoms with van der Waals surface area (Å²) < 4.78 is 7.05. The van der Waals surface area contributed by atoms with Crippen molar-refractivity contribution in [3.63, 3.8) is 0 Å². The van der Waals surface area contributed by atoms with Crippen LogP contribution in [0.4, 0.5) is 0 Å². The van der Waals surface area contributed by atoms with Crippen LogP contribution in [0, 0.1) is 0 Å². The number of halogens is 1. The molecule has 2 aromatic rings. The molecule has 2 nitrogen and oxygen atoms in total. The molecule has 0 amide bonds. The summed E-state index contributed by atoms with van der Waals surface area (Å²) >= 11 is 5.26. The molecule has 0 bridgehead atoms. The average Bonchev–Trinajstić information content (AvgIpc) is 2.82. The Labute approximate surface area is 133 Å². The van der Waals surface area contributed by atoms with E-state index >= 15 is 0 Å². The summed E-state index contributed by atoms with van der Waals surface area (Å²) in [6.45, 7) is 7.15. The van der Waals surface area contributed by atoms with Crippen molar-refractivity contribution in [2.24, 2.45) is 0 Å². The molecule has 1 aromatic carbocycles. The van der Waals surface area contributed by atoms with Crippen LogP contribution in [0.1, 0.15) is 37.3 Å². The van der Waals surface area contributed by atoms with Gasteiger partial charge in [-0.25, -0.2) is 0 Å². The van der Waals surface area contributed by atoms with Crippen LogP contribution in [-0.2, 0) is 6.54 Å². The second-order valence-corrected chi connectivity index (χ2v) is 7.56. The highest BCUT2D eigenvalue weighted by Crippen LogP contribution is 2.27. The van der Waals surface area contributed by atoms with Crippen LogP contribution in [0.5, 0.6) is 5.75 Å². The third-order valence-electron chi connectivity index (χ3n) is 2.96. The Bertz CT molecular complexity index is 553. The van der Waals surface area contributed by atoms with Crippen LogP contribution in [0.3, 0.4) is 0 Å². The highest BCUT2D eigenvalue weighted by atomic mass is 79.9. The van der Waals surface area contributed by atoms with Crippen molar-refractivity contribution in [3.8, 4) is 5.75 Å². The van der Waals surface area contributed by atoms with Crippen molar-refractivity contribution in [2.75, 3.05) is 0 Å². The van der Waals surface area contributed by atoms with E-state index in [1.54, 1.807) is 11.3 Å². The van der Waals surface area contributed by atoms with Crippen LogP contribution in [0.25, 0.3) is 0 Å². The van der Waals surface area contributed by atoms with Gasteiger partial charge in [-0.3, -0.25) is 0 Å². The smallest absolute Gasteiger partial charge is 0.124 e. The Morgan fingerprint density at radius 3 is 2.55 bits per heavy atom. The Morgan fingerprint density at radius 2 is 1.90 bits per heavy atom. The summed E-state index contributed by atoms with van der Waals surface area (Å²) in [4.78, 5) is 1.32. The molecule has 4 heteroatoms. The van der Waals surface area contributed by atoms with Crippen molar-refractivity contribution in [2.45, 2.75) is 39.5 Å². The lowest BCUT2D eigenvalue weighted by Gasteiger charge is -2.19. The summed E-state index contributed by atoms with van der Waals surface area (Å²) in [5, 5.41) is 3.55. The fourth-order valence-corrected chi connectivity index (χ4v) is 3.44. The van der Waals surface area contributed by atoms with Gasteiger partial charge < -0.3 is 10.1 Å². The third-order valence-corrected chi connectivity index (χ3v) is 4.58. The molecule has 0 fully saturated rings. The number of rotatable bonds is 6. The van der Waals surface area contributed by atoms with Crippen molar-refractivity contribution in [1.29, 1.82) is 0 Å². The lowest BCUT2D eigenvalue weighted by Crippen LogP contribution is -2.19. The van der Waals surface area contributed by atoms with Gasteiger partial charge in [-0.15, -0.1) is 11.3 Å². The van der Waals surface area contributed by atoms with Crippen LogP contribution in [0.15, 0.2) is 40.2 Å². The van der Waals surface area contributed by atoms with Crippen LogP contribution >= 0.6 is 27.3 Å². The standard InChI is InChI=1S/C16H20BrNOS/c1-11(2)19-15-7-5-4-6-14(15)12(3)18-10-13-8-9-16(17)20-13/h4-9,11-12,18H,10H2,1-3H3. The molecule has 1 N–H and O–H groups in total. The Hall–Kier alpha value is -0.840. The zero-order valence-corrected chi connectivity index (χ0v) is 14.4. The van der Waals surface area contributed by atoms with E-state index in [1.807, 2.05) is 12.1 Å². The van der Waals surface area contributed by atoms with E-state index in [-0.39, 0.29) is 12.1 Å². The molecule has 1 atom stereocenters. The summed E-state index contributed by atoms with van der Waals surface area (Å²) in [5.74, 6) is 0.967. The van der Waals surface area contributed by atoms with Crippen molar-refractivity contribution in [1.82, 2.24) is 5.32 Å². The summed E-state index contributed by atoms with van der Waals surface area (Å²) in [5.41, 5.74) is 1.21. The van der Waals surface area contributed by atoms with E-state index in [1.165, 1.54) is 14.2 Å². The van der Waals surface area contributed by atoms with E-state index in [9.17, 15) is 0 Å². The zero-order valence-electron chi connectivity index (χ0n) is 12.0. The van der Waals surface area contributed by atoms with Gasteiger partial charge >= 0.3 is 0 Å². The molecular weight excluding hydrogens is 334 g/mol. The molecule has 0 aliphatic rings. The number of hydrogen-bond acceptors (Lipinski definition) is 3. The summed E-state index contributed by atoms with van der Waals surface area (Å²) in [6, 6.07) is 12.7. The average molecular weight is 354 g/mol. The van der Waals surface area contributed by atoms with Gasteiger partial charge in [-0.1, -0.05) is 18.2 Å². The Balaban J connectivity index is 2.03. The zero-order chi connectivity index (χ0) is 14.5. The third kappa shape index (κ3) is 4.33. The first-order valence-electron chi connectivity index (χ1n) is 6.79. The fraction of sp³-hybridized carbons (Fsp3) is 0.375. The minimum atomic E-state index is 0.191. The topological polar surface area (TPSA) is 21.3 Å². The largest absolute Gasteiger partial charge is 0.491 e. The van der Waals surface area contributed by atoms with Gasteiger partial charge in [0.15, 0.2) is 0 Å². The molecule has 0 saturated carbocycles. The maximum atomic E-state index is 5.88. The number of hydrogen-bond donors (Lipinski definition) is 1. The molecule has 0 spiro atoms. The lowest BCUT2D eigenvalue weighted by molar-refractivity contribution is 0.238. The van der Waals surface area contributed by atoms with Gasteiger partial charge in [0.2, 0.25) is 0 Å². The van der Waals surface area contributed by atoms with E-state index in [0.29, 0.717) is 0 Å². The molecule has 108 valence electrons. The normalized spacial score (nSPS) is 12.7. The number of ether oxygens (including phenoxy) is 1. The highest BCUT2D eigenvalue weighted by Gasteiger charge is 2.12. The molecule has 0 aliphatic heterocycles.